The summed E-state index contributed by atoms with van der Waals surface area (Å²) in [6, 6.07) is 17.7. The van der Waals surface area contributed by atoms with Crippen LogP contribution < -0.4 is 5.32 Å². The predicted molar refractivity (Wildman–Crippen MR) is 128 cm³/mol. The van der Waals surface area contributed by atoms with E-state index >= 15 is 0 Å². The Balaban J connectivity index is 1.58. The second kappa shape index (κ2) is 8.68. The molecule has 4 aromatic rings. The summed E-state index contributed by atoms with van der Waals surface area (Å²) in [5.74, 6) is -0.269. The second-order valence-electron chi connectivity index (χ2n) is 7.41. The fourth-order valence-electron chi connectivity index (χ4n) is 4.05. The van der Waals surface area contributed by atoms with Gasteiger partial charge in [0.15, 0.2) is 10.2 Å². The zero-order valence-electron chi connectivity index (χ0n) is 17.3. The van der Waals surface area contributed by atoms with Gasteiger partial charge >= 0.3 is 5.97 Å². The third kappa shape index (κ3) is 3.74. The van der Waals surface area contributed by atoms with Crippen molar-refractivity contribution >= 4 is 44.9 Å². The SMILES string of the molecule is COC(=O)CCN1C(=S)N[C@H](c2ccccn2)[C@H]1c1cccn1-c1nc2ccccc2s1. The standard InChI is InChI=1S/C23H21N5O2S2/c1-30-19(29)11-14-28-21(20(26-22(28)31)16-8-4-5-12-24-16)17-9-6-13-27(17)23-25-15-7-2-3-10-18(15)32-23/h2-10,12-13,20-21H,11,14H2,1H3,(H,26,31)/t20-,21-/m1/s1. The molecular formula is C23H21N5O2S2. The second-order valence-corrected chi connectivity index (χ2v) is 8.81. The Morgan fingerprint density at radius 1 is 1.19 bits per heavy atom. The summed E-state index contributed by atoms with van der Waals surface area (Å²) in [5.41, 5.74) is 2.88. The number of fused-ring (bicyclic) bond motifs is 1. The van der Waals surface area contributed by atoms with Gasteiger partial charge in [-0.15, -0.1) is 0 Å². The van der Waals surface area contributed by atoms with Crippen molar-refractivity contribution in [3.05, 3.63) is 78.4 Å². The van der Waals surface area contributed by atoms with Crippen LogP contribution in [0.2, 0.25) is 0 Å². The molecule has 1 saturated heterocycles. The maximum Gasteiger partial charge on any atom is 0.307 e. The number of nitrogens with one attached hydrogen (secondary N) is 1. The smallest absolute Gasteiger partial charge is 0.307 e. The van der Waals surface area contributed by atoms with Crippen LogP contribution >= 0.6 is 23.6 Å². The molecule has 0 unspecified atom stereocenters. The number of methoxy groups -OCH3 is 1. The highest BCUT2D eigenvalue weighted by molar-refractivity contribution is 7.80. The van der Waals surface area contributed by atoms with Gasteiger partial charge in [0.2, 0.25) is 0 Å². The molecule has 0 radical (unpaired) electrons. The zero-order chi connectivity index (χ0) is 22.1. The van der Waals surface area contributed by atoms with Crippen molar-refractivity contribution in [3.63, 3.8) is 0 Å². The zero-order valence-corrected chi connectivity index (χ0v) is 19.0. The number of thiocarbonyl (C=S) groups is 1. The molecule has 5 rings (SSSR count). The molecule has 1 aromatic carbocycles. The lowest BCUT2D eigenvalue weighted by molar-refractivity contribution is -0.140. The van der Waals surface area contributed by atoms with E-state index in [4.69, 9.17) is 21.9 Å². The predicted octanol–water partition coefficient (Wildman–Crippen LogP) is 4.02. The molecule has 0 aliphatic carbocycles. The molecule has 0 bridgehead atoms. The van der Waals surface area contributed by atoms with Crippen LogP contribution in [-0.4, -0.2) is 44.2 Å². The maximum atomic E-state index is 11.9. The van der Waals surface area contributed by atoms with Crippen molar-refractivity contribution in [2.75, 3.05) is 13.7 Å². The van der Waals surface area contributed by atoms with Crippen LogP contribution in [0.1, 0.15) is 29.9 Å². The minimum Gasteiger partial charge on any atom is -0.469 e. The maximum absolute atomic E-state index is 11.9. The van der Waals surface area contributed by atoms with E-state index in [-0.39, 0.29) is 24.5 Å². The first-order valence-electron chi connectivity index (χ1n) is 10.2. The van der Waals surface area contributed by atoms with E-state index in [0.717, 1.165) is 26.7 Å². The van der Waals surface area contributed by atoms with Crippen LogP contribution in [0.25, 0.3) is 15.3 Å². The van der Waals surface area contributed by atoms with E-state index in [0.29, 0.717) is 11.7 Å². The molecular weight excluding hydrogens is 442 g/mol. The Hall–Kier alpha value is -3.30. The topological polar surface area (TPSA) is 72.3 Å². The Kier molecular flexibility index (Phi) is 5.59. The summed E-state index contributed by atoms with van der Waals surface area (Å²) in [7, 11) is 1.40. The van der Waals surface area contributed by atoms with Gasteiger partial charge in [0, 0.05) is 18.9 Å². The van der Waals surface area contributed by atoms with Crippen LogP contribution in [0.5, 0.6) is 0 Å². The number of ether oxygens (including phenoxy) is 1. The summed E-state index contributed by atoms with van der Waals surface area (Å²) >= 11 is 7.32. The molecule has 9 heteroatoms. The fraction of sp³-hybridized carbons (Fsp3) is 0.217. The van der Waals surface area contributed by atoms with Gasteiger partial charge in [-0.1, -0.05) is 29.5 Å². The number of thiazole rings is 1. The van der Waals surface area contributed by atoms with Crippen LogP contribution in [-0.2, 0) is 9.53 Å². The van der Waals surface area contributed by atoms with Crippen molar-refractivity contribution in [3.8, 4) is 5.13 Å². The highest BCUT2D eigenvalue weighted by Crippen LogP contribution is 2.40. The Morgan fingerprint density at radius 2 is 2.03 bits per heavy atom. The number of aromatic nitrogens is 3. The lowest BCUT2D eigenvalue weighted by Gasteiger charge is -2.28. The molecule has 4 heterocycles. The van der Waals surface area contributed by atoms with Gasteiger partial charge in [-0.3, -0.25) is 14.3 Å². The molecule has 1 aliphatic rings. The van der Waals surface area contributed by atoms with E-state index < -0.39 is 0 Å². The summed E-state index contributed by atoms with van der Waals surface area (Å²) in [6.07, 6.45) is 4.04. The lowest BCUT2D eigenvalue weighted by Crippen LogP contribution is -2.32. The number of pyridine rings is 1. The van der Waals surface area contributed by atoms with Gasteiger partial charge < -0.3 is 15.0 Å². The van der Waals surface area contributed by atoms with Crippen LogP contribution in [0, 0.1) is 0 Å². The Morgan fingerprint density at radius 3 is 2.81 bits per heavy atom. The molecule has 1 aliphatic heterocycles. The number of esters is 1. The van der Waals surface area contributed by atoms with E-state index in [1.165, 1.54) is 7.11 Å². The molecule has 1 fully saturated rings. The molecule has 1 N–H and O–H groups in total. The number of benzene rings is 1. The number of para-hydroxylation sites is 1. The van der Waals surface area contributed by atoms with Crippen LogP contribution in [0.15, 0.2) is 67.0 Å². The van der Waals surface area contributed by atoms with E-state index in [1.54, 1.807) is 17.5 Å². The highest BCUT2D eigenvalue weighted by atomic mass is 32.1. The van der Waals surface area contributed by atoms with Crippen LogP contribution in [0.4, 0.5) is 0 Å². The van der Waals surface area contributed by atoms with E-state index in [2.05, 4.69) is 27.0 Å². The first-order valence-corrected chi connectivity index (χ1v) is 11.5. The van der Waals surface area contributed by atoms with Gasteiger partial charge in [-0.25, -0.2) is 4.98 Å². The van der Waals surface area contributed by atoms with Crippen LogP contribution in [0.3, 0.4) is 0 Å². The van der Waals surface area contributed by atoms with Gasteiger partial charge in [0.1, 0.15) is 0 Å². The van der Waals surface area contributed by atoms with Gasteiger partial charge in [-0.05, 0) is 48.6 Å². The lowest BCUT2D eigenvalue weighted by atomic mass is 10.0. The molecule has 3 aromatic heterocycles. The highest BCUT2D eigenvalue weighted by Gasteiger charge is 2.41. The third-order valence-electron chi connectivity index (χ3n) is 5.55. The Bertz CT molecular complexity index is 1240. The normalized spacial score (nSPS) is 18.2. The number of hydrogen-bond acceptors (Lipinski definition) is 6. The fourth-order valence-corrected chi connectivity index (χ4v) is 5.36. The van der Waals surface area contributed by atoms with Crippen molar-refractivity contribution in [1.29, 1.82) is 0 Å². The molecule has 7 nitrogen and oxygen atoms in total. The number of carbonyl (C=O) groups is 1. The van der Waals surface area contributed by atoms with Crippen molar-refractivity contribution < 1.29 is 9.53 Å². The molecule has 162 valence electrons. The van der Waals surface area contributed by atoms with Crippen molar-refractivity contribution in [1.82, 2.24) is 24.8 Å². The monoisotopic (exact) mass is 463 g/mol. The first kappa shape index (κ1) is 20.6. The molecule has 0 saturated carbocycles. The number of rotatable bonds is 6. The molecule has 0 amide bonds. The van der Waals surface area contributed by atoms with Gasteiger partial charge in [0.25, 0.3) is 0 Å². The van der Waals surface area contributed by atoms with Gasteiger partial charge in [-0.2, -0.15) is 0 Å². The Labute approximate surface area is 194 Å². The summed E-state index contributed by atoms with van der Waals surface area (Å²) < 4.78 is 8.09. The van der Waals surface area contributed by atoms with Gasteiger partial charge in [0.05, 0.1) is 47.2 Å². The number of carbonyl (C=O) groups excluding carboxylic acids is 1. The number of hydrogen-bond donors (Lipinski definition) is 1. The van der Waals surface area contributed by atoms with E-state index in [1.807, 2.05) is 53.6 Å². The quantitative estimate of drug-likeness (QED) is 0.342. The largest absolute Gasteiger partial charge is 0.469 e. The minimum absolute atomic E-state index is 0.163. The average Bonchev–Trinajstić information content (AvgIpc) is 3.54. The number of nitrogens with zero attached hydrogens (tertiary/aromatic N) is 4. The summed E-state index contributed by atoms with van der Waals surface area (Å²) in [5, 5.41) is 4.89. The first-order chi connectivity index (χ1) is 15.7. The third-order valence-corrected chi connectivity index (χ3v) is 6.94. The average molecular weight is 464 g/mol. The molecule has 0 spiro atoms. The summed E-state index contributed by atoms with van der Waals surface area (Å²) in [4.78, 5) is 23.3. The molecule has 2 atom stereocenters. The minimum atomic E-state index is -0.269. The summed E-state index contributed by atoms with van der Waals surface area (Å²) in [6.45, 7) is 0.442. The molecule has 32 heavy (non-hydrogen) atoms. The van der Waals surface area contributed by atoms with Crippen molar-refractivity contribution in [2.24, 2.45) is 0 Å². The van der Waals surface area contributed by atoms with Crippen molar-refractivity contribution in [2.45, 2.75) is 18.5 Å². The van der Waals surface area contributed by atoms with E-state index in [9.17, 15) is 4.79 Å².